The third kappa shape index (κ3) is 4.66. The predicted molar refractivity (Wildman–Crippen MR) is 130 cm³/mol. The monoisotopic (exact) mass is 448 g/mol. The summed E-state index contributed by atoms with van der Waals surface area (Å²) in [4.78, 5) is 29.2. The number of likely N-dealkylation sites (tertiary alicyclic amines) is 1. The molecule has 0 saturated carbocycles. The fourth-order valence-corrected chi connectivity index (χ4v) is 5.21. The van der Waals surface area contributed by atoms with Gasteiger partial charge in [-0.05, 0) is 62.4 Å². The minimum Gasteiger partial charge on any atom is -0.334 e. The molecule has 2 aromatic rings. The van der Waals surface area contributed by atoms with Crippen LogP contribution in [0.1, 0.15) is 40.7 Å². The van der Waals surface area contributed by atoms with Crippen molar-refractivity contribution >= 4 is 29.1 Å². The fraction of sp³-hybridized carbons (Fsp3) is 0.333. The summed E-state index contributed by atoms with van der Waals surface area (Å²) in [7, 11) is 0. The number of benzene rings is 2. The van der Waals surface area contributed by atoms with E-state index in [0.29, 0.717) is 17.3 Å². The maximum atomic E-state index is 13.8. The van der Waals surface area contributed by atoms with Crippen LogP contribution in [0.15, 0.2) is 66.8 Å². The second-order valence-electron chi connectivity index (χ2n) is 8.72. The summed E-state index contributed by atoms with van der Waals surface area (Å²) < 4.78 is 0. The number of rotatable bonds is 4. The predicted octanol–water partition coefficient (Wildman–Crippen LogP) is 5.95. The van der Waals surface area contributed by atoms with Crippen LogP contribution in [0.3, 0.4) is 0 Å². The molecule has 2 aromatic carbocycles. The number of piperidine rings is 1. The smallest absolute Gasteiger partial charge is 0.254 e. The summed E-state index contributed by atoms with van der Waals surface area (Å²) in [5, 5.41) is 3.62. The van der Waals surface area contributed by atoms with Crippen molar-refractivity contribution in [1.82, 2.24) is 4.90 Å². The van der Waals surface area contributed by atoms with Gasteiger partial charge in [0.1, 0.15) is 0 Å². The molecule has 2 unspecified atom stereocenters. The quantitative estimate of drug-likeness (QED) is 0.628. The minimum atomic E-state index is -0.294. The van der Waals surface area contributed by atoms with E-state index in [4.69, 9.17) is 11.6 Å². The SMILES string of the molecule is Cc1cccc(C)c1C(=O)N1CCCC(C(=O)Nc2cccc(Cl)c2)[C@@H]1C1C=CC=CC1. The first-order valence-corrected chi connectivity index (χ1v) is 11.6. The molecular weight excluding hydrogens is 420 g/mol. The Morgan fingerprint density at radius 1 is 1.06 bits per heavy atom. The first-order valence-electron chi connectivity index (χ1n) is 11.2. The molecule has 0 aromatic heterocycles. The Balaban J connectivity index is 1.67. The molecule has 1 aliphatic carbocycles. The molecule has 1 saturated heterocycles. The zero-order valence-corrected chi connectivity index (χ0v) is 19.3. The average molecular weight is 449 g/mol. The molecular formula is C27H29ClN2O2. The highest BCUT2D eigenvalue weighted by Gasteiger charge is 2.42. The van der Waals surface area contributed by atoms with E-state index in [1.165, 1.54) is 0 Å². The lowest BCUT2D eigenvalue weighted by Crippen LogP contribution is -2.55. The first kappa shape index (κ1) is 22.3. The molecule has 3 atom stereocenters. The Hall–Kier alpha value is -2.85. The zero-order chi connectivity index (χ0) is 22.7. The highest BCUT2D eigenvalue weighted by atomic mass is 35.5. The van der Waals surface area contributed by atoms with Crippen LogP contribution >= 0.6 is 11.6 Å². The van der Waals surface area contributed by atoms with Crippen molar-refractivity contribution in [1.29, 1.82) is 0 Å². The number of carbonyl (C=O) groups is 2. The highest BCUT2D eigenvalue weighted by molar-refractivity contribution is 6.30. The minimum absolute atomic E-state index is 0.0220. The number of nitrogens with zero attached hydrogens (tertiary/aromatic N) is 1. The lowest BCUT2D eigenvalue weighted by molar-refractivity contribution is -0.123. The molecule has 0 bridgehead atoms. The molecule has 4 rings (SSSR count). The summed E-state index contributed by atoms with van der Waals surface area (Å²) in [6.07, 6.45) is 10.7. The maximum absolute atomic E-state index is 13.8. The first-order chi connectivity index (χ1) is 15.5. The van der Waals surface area contributed by atoms with Crippen LogP contribution in [-0.4, -0.2) is 29.3 Å². The van der Waals surface area contributed by atoms with Gasteiger partial charge in [0.2, 0.25) is 5.91 Å². The van der Waals surface area contributed by atoms with Crippen molar-refractivity contribution in [3.8, 4) is 0 Å². The molecule has 0 spiro atoms. The standard InChI is InChI=1S/C27H29ClN2O2/c1-18-9-6-10-19(2)24(18)27(32)30-16-8-15-23(25(30)20-11-4-3-5-12-20)26(31)29-22-14-7-13-21(28)17-22/h3-7,9-11,13-14,17,20,23,25H,8,12,15-16H2,1-2H3,(H,29,31)/t20?,23?,25-/m0/s1. The van der Waals surface area contributed by atoms with Crippen molar-refractivity contribution in [3.05, 3.63) is 88.5 Å². The average Bonchev–Trinajstić information content (AvgIpc) is 2.79. The van der Waals surface area contributed by atoms with Gasteiger partial charge < -0.3 is 10.2 Å². The normalized spacial score (nSPS) is 22.6. The molecule has 1 aliphatic heterocycles. The summed E-state index contributed by atoms with van der Waals surface area (Å²) in [5.74, 6) is -0.228. The van der Waals surface area contributed by atoms with Gasteiger partial charge in [-0.25, -0.2) is 0 Å². The third-order valence-electron chi connectivity index (χ3n) is 6.52. The van der Waals surface area contributed by atoms with E-state index in [1.807, 2.05) is 61.2 Å². The zero-order valence-electron chi connectivity index (χ0n) is 18.6. The lowest BCUT2D eigenvalue weighted by Gasteiger charge is -2.44. The van der Waals surface area contributed by atoms with Gasteiger partial charge in [-0.15, -0.1) is 0 Å². The number of allylic oxidation sites excluding steroid dienone is 3. The number of hydrogen-bond donors (Lipinski definition) is 1. The molecule has 1 N–H and O–H groups in total. The van der Waals surface area contributed by atoms with Gasteiger partial charge in [0.25, 0.3) is 5.91 Å². The van der Waals surface area contributed by atoms with Crippen LogP contribution in [0.4, 0.5) is 5.69 Å². The number of aryl methyl sites for hydroxylation is 2. The van der Waals surface area contributed by atoms with Crippen molar-refractivity contribution in [3.63, 3.8) is 0 Å². The Bertz CT molecular complexity index is 1050. The molecule has 0 radical (unpaired) electrons. The topological polar surface area (TPSA) is 49.4 Å². The second-order valence-corrected chi connectivity index (χ2v) is 9.15. The third-order valence-corrected chi connectivity index (χ3v) is 6.76. The van der Waals surface area contributed by atoms with Gasteiger partial charge in [-0.1, -0.05) is 60.2 Å². The fourth-order valence-electron chi connectivity index (χ4n) is 5.02. The lowest BCUT2D eigenvalue weighted by atomic mass is 9.77. The van der Waals surface area contributed by atoms with E-state index < -0.39 is 0 Å². The molecule has 4 nitrogen and oxygen atoms in total. The Morgan fingerprint density at radius 3 is 2.50 bits per heavy atom. The number of carbonyl (C=O) groups excluding carboxylic acids is 2. The molecule has 166 valence electrons. The van der Waals surface area contributed by atoms with Crippen molar-refractivity contribution < 1.29 is 9.59 Å². The number of amides is 2. The molecule has 5 heteroatoms. The summed E-state index contributed by atoms with van der Waals surface area (Å²) in [5.41, 5.74) is 3.37. The summed E-state index contributed by atoms with van der Waals surface area (Å²) in [6.45, 7) is 4.61. The van der Waals surface area contributed by atoms with E-state index in [0.717, 1.165) is 36.0 Å². The summed E-state index contributed by atoms with van der Waals surface area (Å²) in [6, 6.07) is 12.9. The summed E-state index contributed by atoms with van der Waals surface area (Å²) >= 11 is 6.11. The van der Waals surface area contributed by atoms with E-state index in [9.17, 15) is 9.59 Å². The van der Waals surface area contributed by atoms with Gasteiger partial charge in [0.05, 0.1) is 12.0 Å². The van der Waals surface area contributed by atoms with Crippen LogP contribution in [0.2, 0.25) is 5.02 Å². The van der Waals surface area contributed by atoms with Gasteiger partial charge in [-0.3, -0.25) is 9.59 Å². The van der Waals surface area contributed by atoms with Gasteiger partial charge in [0.15, 0.2) is 0 Å². The van der Waals surface area contributed by atoms with E-state index in [1.54, 1.807) is 12.1 Å². The molecule has 1 fully saturated rings. The van der Waals surface area contributed by atoms with Crippen molar-refractivity contribution in [2.75, 3.05) is 11.9 Å². The second kappa shape index (κ2) is 9.74. The van der Waals surface area contributed by atoms with Gasteiger partial charge >= 0.3 is 0 Å². The van der Waals surface area contributed by atoms with Crippen molar-refractivity contribution in [2.45, 2.75) is 39.2 Å². The van der Waals surface area contributed by atoms with Crippen LogP contribution in [0.5, 0.6) is 0 Å². The van der Waals surface area contributed by atoms with Crippen molar-refractivity contribution in [2.24, 2.45) is 11.8 Å². The number of anilines is 1. The van der Waals surface area contributed by atoms with E-state index in [-0.39, 0.29) is 29.7 Å². The van der Waals surface area contributed by atoms with Crippen LogP contribution in [-0.2, 0) is 4.79 Å². The maximum Gasteiger partial charge on any atom is 0.254 e. The number of nitrogens with one attached hydrogen (secondary N) is 1. The van der Waals surface area contributed by atoms with Gasteiger partial charge in [0, 0.05) is 28.7 Å². The van der Waals surface area contributed by atoms with Gasteiger partial charge in [-0.2, -0.15) is 0 Å². The number of halogens is 1. The van der Waals surface area contributed by atoms with Crippen LogP contribution in [0, 0.1) is 25.7 Å². The van der Waals surface area contributed by atoms with Crippen LogP contribution in [0.25, 0.3) is 0 Å². The highest BCUT2D eigenvalue weighted by Crippen LogP contribution is 2.35. The van der Waals surface area contributed by atoms with Crippen LogP contribution < -0.4 is 5.32 Å². The molecule has 2 amide bonds. The Labute approximate surface area is 195 Å². The largest absolute Gasteiger partial charge is 0.334 e. The molecule has 32 heavy (non-hydrogen) atoms. The van der Waals surface area contributed by atoms with E-state index >= 15 is 0 Å². The molecule has 2 aliphatic rings. The number of hydrogen-bond acceptors (Lipinski definition) is 2. The Morgan fingerprint density at radius 2 is 1.81 bits per heavy atom. The molecule has 1 heterocycles. The Kier molecular flexibility index (Phi) is 6.80. The van der Waals surface area contributed by atoms with E-state index in [2.05, 4.69) is 17.5 Å².